The molecule has 0 fully saturated rings. The first-order valence-corrected chi connectivity index (χ1v) is 2.59. The van der Waals surface area contributed by atoms with Gasteiger partial charge in [0.05, 0.1) is 26.4 Å². The van der Waals surface area contributed by atoms with E-state index in [1.807, 2.05) is 0 Å². The zero-order valence-electron chi connectivity index (χ0n) is 5.59. The van der Waals surface area contributed by atoms with Gasteiger partial charge in [-0.15, -0.1) is 0 Å². The molecule has 4 heteroatoms. The summed E-state index contributed by atoms with van der Waals surface area (Å²) in [6.45, 7) is 1.66. The molecule has 0 aliphatic heterocycles. The summed E-state index contributed by atoms with van der Waals surface area (Å²) < 4.78 is 9.53. The van der Waals surface area contributed by atoms with Gasteiger partial charge < -0.3 is 14.6 Å². The molecule has 0 aromatic heterocycles. The van der Waals surface area contributed by atoms with Gasteiger partial charge in [-0.05, 0) is 0 Å². The summed E-state index contributed by atoms with van der Waals surface area (Å²) in [6, 6.07) is 0. The van der Waals surface area contributed by atoms with Crippen LogP contribution < -0.4 is 0 Å². The first-order chi connectivity index (χ1) is 3.91. The van der Waals surface area contributed by atoms with Crippen molar-refractivity contribution in [2.24, 2.45) is 0 Å². The summed E-state index contributed by atoms with van der Waals surface area (Å²) in [5, 5.41) is 8.20. The van der Waals surface area contributed by atoms with Gasteiger partial charge in [0.2, 0.25) is 0 Å². The predicted molar refractivity (Wildman–Crippen MR) is 29.8 cm³/mol. The molecule has 3 nitrogen and oxygen atoms in total. The van der Waals surface area contributed by atoms with E-state index in [-0.39, 0.29) is 28.3 Å². The number of aliphatic hydroxyl groups is 1. The van der Waals surface area contributed by atoms with Crippen molar-refractivity contribution in [1.29, 1.82) is 0 Å². The van der Waals surface area contributed by atoms with Crippen molar-refractivity contribution in [1.82, 2.24) is 0 Å². The van der Waals surface area contributed by atoms with Gasteiger partial charge in [-0.25, -0.2) is 0 Å². The fourth-order valence-corrected chi connectivity index (χ4v) is 0.309. The van der Waals surface area contributed by atoms with Crippen LogP contribution in [0, 0.1) is 0 Å². The first kappa shape index (κ1) is 12.3. The third-order valence-corrected chi connectivity index (χ3v) is 0.667. The van der Waals surface area contributed by atoms with E-state index in [0.29, 0.717) is 19.8 Å². The average Bonchev–Trinajstić information content (AvgIpc) is 1.81. The molecule has 0 saturated heterocycles. The molecule has 0 aliphatic rings. The zero-order chi connectivity index (χ0) is 6.24. The minimum Gasteiger partial charge on any atom is -0.394 e. The fraction of sp³-hybridized carbons (Fsp3) is 1.00. The third kappa shape index (κ3) is 11.9. The molecule has 0 aromatic rings. The number of hydrogen-bond acceptors (Lipinski definition) is 3. The summed E-state index contributed by atoms with van der Waals surface area (Å²) in [5.74, 6) is 0. The van der Waals surface area contributed by atoms with Crippen molar-refractivity contribution in [3.63, 3.8) is 0 Å². The SMILES string of the molecule is COCCOCCO.[Ti]. The van der Waals surface area contributed by atoms with E-state index < -0.39 is 0 Å². The zero-order valence-corrected chi connectivity index (χ0v) is 7.15. The summed E-state index contributed by atoms with van der Waals surface area (Å²) in [4.78, 5) is 0. The molecule has 54 valence electrons. The molecule has 0 bridgehead atoms. The summed E-state index contributed by atoms with van der Waals surface area (Å²) >= 11 is 0. The maximum Gasteiger partial charge on any atom is 0.0701 e. The van der Waals surface area contributed by atoms with Gasteiger partial charge in [0, 0.05) is 28.8 Å². The van der Waals surface area contributed by atoms with Crippen molar-refractivity contribution in [3.05, 3.63) is 0 Å². The van der Waals surface area contributed by atoms with Gasteiger partial charge in [-0.1, -0.05) is 0 Å². The van der Waals surface area contributed by atoms with Crippen molar-refractivity contribution < 1.29 is 36.3 Å². The molecule has 0 unspecified atom stereocenters. The molecule has 0 radical (unpaired) electrons. The Hall–Kier alpha value is 0.594. The van der Waals surface area contributed by atoms with Crippen LogP contribution in [-0.4, -0.2) is 38.6 Å². The number of ether oxygens (including phenoxy) is 2. The van der Waals surface area contributed by atoms with Crippen molar-refractivity contribution in [3.8, 4) is 0 Å². The monoisotopic (exact) mass is 168 g/mol. The van der Waals surface area contributed by atoms with Crippen LogP contribution in [0.1, 0.15) is 0 Å². The maximum atomic E-state index is 8.20. The molecule has 0 heterocycles. The second-order valence-corrected chi connectivity index (χ2v) is 1.33. The van der Waals surface area contributed by atoms with Crippen molar-refractivity contribution >= 4 is 0 Å². The molecule has 0 aromatic carbocycles. The topological polar surface area (TPSA) is 38.7 Å². The van der Waals surface area contributed by atoms with Gasteiger partial charge in [0.1, 0.15) is 0 Å². The Kier molecular flexibility index (Phi) is 15.6. The van der Waals surface area contributed by atoms with Crippen LogP contribution in [0.3, 0.4) is 0 Å². The molecule has 9 heavy (non-hydrogen) atoms. The van der Waals surface area contributed by atoms with Crippen molar-refractivity contribution in [2.75, 3.05) is 33.5 Å². The van der Waals surface area contributed by atoms with E-state index >= 15 is 0 Å². The predicted octanol–water partition coefficient (Wildman–Crippen LogP) is -0.361. The fourth-order valence-electron chi connectivity index (χ4n) is 0.309. The van der Waals surface area contributed by atoms with Crippen LogP contribution in [0.15, 0.2) is 0 Å². The van der Waals surface area contributed by atoms with Crippen LogP contribution >= 0.6 is 0 Å². The Balaban J connectivity index is 0. The van der Waals surface area contributed by atoms with Crippen molar-refractivity contribution in [2.45, 2.75) is 0 Å². The van der Waals surface area contributed by atoms with E-state index in [1.165, 1.54) is 0 Å². The largest absolute Gasteiger partial charge is 0.394 e. The molecule has 0 rings (SSSR count). The van der Waals surface area contributed by atoms with Gasteiger partial charge >= 0.3 is 0 Å². The Morgan fingerprint density at radius 3 is 2.33 bits per heavy atom. The summed E-state index contributed by atoms with van der Waals surface area (Å²) in [7, 11) is 1.61. The summed E-state index contributed by atoms with van der Waals surface area (Å²) in [6.07, 6.45) is 0. The second kappa shape index (κ2) is 11.4. The molecule has 1 N–H and O–H groups in total. The maximum absolute atomic E-state index is 8.20. The molecule has 0 amide bonds. The minimum absolute atomic E-state index is 0. The Bertz CT molecular complexity index is 37.2. The standard InChI is InChI=1S/C5H12O3.Ti/c1-7-4-5-8-3-2-6;/h6H,2-5H2,1H3;. The van der Waals surface area contributed by atoms with E-state index in [4.69, 9.17) is 9.84 Å². The van der Waals surface area contributed by atoms with E-state index in [0.717, 1.165) is 0 Å². The van der Waals surface area contributed by atoms with Crippen LogP contribution in [0.2, 0.25) is 0 Å². The van der Waals surface area contributed by atoms with Crippen LogP contribution in [-0.2, 0) is 31.2 Å². The number of aliphatic hydroxyl groups excluding tert-OH is 1. The van der Waals surface area contributed by atoms with E-state index in [9.17, 15) is 0 Å². The molecular weight excluding hydrogens is 156 g/mol. The smallest absolute Gasteiger partial charge is 0.0701 e. The van der Waals surface area contributed by atoms with Gasteiger partial charge in [-0.2, -0.15) is 0 Å². The average molecular weight is 168 g/mol. The summed E-state index contributed by atoms with van der Waals surface area (Å²) in [5.41, 5.74) is 0. The number of methoxy groups -OCH3 is 1. The Morgan fingerprint density at radius 1 is 1.22 bits per heavy atom. The third-order valence-electron chi connectivity index (χ3n) is 0.667. The molecule has 0 aliphatic carbocycles. The number of hydrogen-bond donors (Lipinski definition) is 1. The molecule has 0 spiro atoms. The minimum atomic E-state index is 0. The Labute approximate surface area is 70.2 Å². The van der Waals surface area contributed by atoms with Gasteiger partial charge in [0.15, 0.2) is 0 Å². The quantitative estimate of drug-likeness (QED) is 0.450. The first-order valence-electron chi connectivity index (χ1n) is 2.59. The second-order valence-electron chi connectivity index (χ2n) is 1.33. The van der Waals surface area contributed by atoms with Crippen LogP contribution in [0.25, 0.3) is 0 Å². The number of rotatable bonds is 5. The molecular formula is C5H12O3Ti. The van der Waals surface area contributed by atoms with E-state index in [1.54, 1.807) is 7.11 Å². The van der Waals surface area contributed by atoms with E-state index in [2.05, 4.69) is 4.74 Å². The normalized spacial score (nSPS) is 8.67. The molecule has 0 saturated carbocycles. The van der Waals surface area contributed by atoms with Gasteiger partial charge in [-0.3, -0.25) is 0 Å². The van der Waals surface area contributed by atoms with Crippen LogP contribution in [0.4, 0.5) is 0 Å². The van der Waals surface area contributed by atoms with Gasteiger partial charge in [0.25, 0.3) is 0 Å². The molecule has 0 atom stereocenters. The van der Waals surface area contributed by atoms with Crippen LogP contribution in [0.5, 0.6) is 0 Å². The Morgan fingerprint density at radius 2 is 1.89 bits per heavy atom.